The number of ether oxygens (including phenoxy) is 1. The second-order valence-electron chi connectivity index (χ2n) is 13.0. The molecule has 0 heterocycles. The minimum atomic E-state index is -1.39. The molecule has 294 valence electrons. The topological polar surface area (TPSA) is 142 Å². The Morgan fingerprint density at radius 3 is 1.67 bits per heavy atom. The fraction of sp³-hybridized carbons (Fsp3) is 0.628. The highest BCUT2D eigenvalue weighted by Gasteiger charge is 2.18. The number of allylic oxidation sites excluding steroid dienone is 11. The van der Waals surface area contributed by atoms with Gasteiger partial charge in [0, 0.05) is 12.8 Å². The number of esters is 1. The molecule has 0 bridgehead atoms. The molecule has 0 spiro atoms. The highest BCUT2D eigenvalue weighted by atomic mass is 16.5. The molecule has 9 heteroatoms. The molecule has 0 aliphatic heterocycles. The first-order valence-corrected chi connectivity index (χ1v) is 19.8. The Morgan fingerprint density at radius 1 is 0.596 bits per heavy atom. The zero-order valence-electron chi connectivity index (χ0n) is 32.3. The van der Waals surface area contributed by atoms with Crippen molar-refractivity contribution >= 4 is 23.8 Å². The molecule has 0 radical (unpaired) electrons. The normalized spacial score (nSPS) is 13.3. The average molecular weight is 727 g/mol. The van der Waals surface area contributed by atoms with E-state index in [1.165, 1.54) is 12.8 Å². The standard InChI is InChI=1S/C43H70N2O7/c1-3-5-7-9-11-13-14-15-16-17-18-19-21-27-31-35-42(49)52-38(32-28-24-20-12-10-8-6-4-2)33-29-25-22-23-26-30-34-40(47)44-36-41(48)45-39(37-46)43(50)51/h5-8,11-13,15-16,20,28,32,38-39,46H,3-4,9-10,14,17-19,21-27,29-31,33-37H2,1-2H3,(H,44,47)(H,45,48)(H,50,51)/b7-5-,8-6-,13-11-,16-15-,20-12-,32-28-. The lowest BCUT2D eigenvalue weighted by molar-refractivity contribution is -0.147. The number of nitrogens with one attached hydrogen (secondary N) is 2. The van der Waals surface area contributed by atoms with Gasteiger partial charge < -0.3 is 25.6 Å². The van der Waals surface area contributed by atoms with Crippen molar-refractivity contribution in [3.05, 3.63) is 72.9 Å². The van der Waals surface area contributed by atoms with Crippen LogP contribution in [0.1, 0.15) is 149 Å². The number of carbonyl (C=O) groups is 4. The summed E-state index contributed by atoms with van der Waals surface area (Å²) >= 11 is 0. The molecule has 0 aliphatic rings. The number of aliphatic hydroxyl groups excluding tert-OH is 1. The van der Waals surface area contributed by atoms with Gasteiger partial charge in [-0.25, -0.2) is 4.79 Å². The predicted octanol–water partition coefficient (Wildman–Crippen LogP) is 9.15. The first kappa shape index (κ1) is 48.3. The fourth-order valence-electron chi connectivity index (χ4n) is 5.19. The van der Waals surface area contributed by atoms with Crippen LogP contribution in [0.25, 0.3) is 0 Å². The number of rotatable bonds is 34. The van der Waals surface area contributed by atoms with Gasteiger partial charge >= 0.3 is 11.9 Å². The molecular weight excluding hydrogens is 656 g/mol. The number of hydrogen-bond acceptors (Lipinski definition) is 6. The van der Waals surface area contributed by atoms with Crippen molar-refractivity contribution in [3.63, 3.8) is 0 Å². The van der Waals surface area contributed by atoms with Crippen molar-refractivity contribution in [2.45, 2.75) is 161 Å². The Balaban J connectivity index is 4.32. The summed E-state index contributed by atoms with van der Waals surface area (Å²) in [7, 11) is 0. The van der Waals surface area contributed by atoms with Crippen LogP contribution in [0, 0.1) is 0 Å². The number of carboxylic acids is 1. The summed E-state index contributed by atoms with van der Waals surface area (Å²) in [6.45, 7) is 3.22. The minimum Gasteiger partial charge on any atom is -0.480 e. The highest BCUT2D eigenvalue weighted by Crippen LogP contribution is 2.15. The summed E-state index contributed by atoms with van der Waals surface area (Å²) in [6, 6.07) is -1.39. The Bertz CT molecular complexity index is 1110. The van der Waals surface area contributed by atoms with Crippen LogP contribution in [-0.2, 0) is 23.9 Å². The van der Waals surface area contributed by atoms with Crippen LogP contribution in [0.2, 0.25) is 0 Å². The van der Waals surface area contributed by atoms with Crippen molar-refractivity contribution in [1.29, 1.82) is 0 Å². The van der Waals surface area contributed by atoms with E-state index in [0.717, 1.165) is 103 Å². The van der Waals surface area contributed by atoms with E-state index in [9.17, 15) is 19.2 Å². The van der Waals surface area contributed by atoms with Crippen molar-refractivity contribution in [3.8, 4) is 0 Å². The van der Waals surface area contributed by atoms with E-state index < -0.39 is 24.5 Å². The van der Waals surface area contributed by atoms with Crippen LogP contribution in [0.5, 0.6) is 0 Å². The van der Waals surface area contributed by atoms with Gasteiger partial charge in [0.2, 0.25) is 11.8 Å². The van der Waals surface area contributed by atoms with Gasteiger partial charge in [0.25, 0.3) is 0 Å². The molecule has 4 N–H and O–H groups in total. The largest absolute Gasteiger partial charge is 0.480 e. The second-order valence-corrected chi connectivity index (χ2v) is 13.0. The number of carboxylic acid groups (broad SMARTS) is 1. The smallest absolute Gasteiger partial charge is 0.328 e. The average Bonchev–Trinajstić information content (AvgIpc) is 3.13. The third kappa shape index (κ3) is 33.4. The lowest BCUT2D eigenvalue weighted by Crippen LogP contribution is -2.47. The molecule has 0 saturated carbocycles. The predicted molar refractivity (Wildman–Crippen MR) is 213 cm³/mol. The van der Waals surface area contributed by atoms with Gasteiger partial charge in [0.05, 0.1) is 13.2 Å². The highest BCUT2D eigenvalue weighted by molar-refractivity contribution is 5.87. The van der Waals surface area contributed by atoms with Gasteiger partial charge in [-0.1, -0.05) is 126 Å². The summed E-state index contributed by atoms with van der Waals surface area (Å²) in [5, 5.41) is 22.5. The maximum absolute atomic E-state index is 12.7. The zero-order chi connectivity index (χ0) is 38.3. The van der Waals surface area contributed by atoms with Gasteiger partial charge in [-0.05, 0) is 83.1 Å². The summed E-state index contributed by atoms with van der Waals surface area (Å²) in [5.74, 6) is -2.39. The number of aliphatic carboxylic acids is 1. The van der Waals surface area contributed by atoms with Gasteiger partial charge in [0.15, 0.2) is 0 Å². The molecule has 2 unspecified atom stereocenters. The minimum absolute atomic E-state index is 0.123. The lowest BCUT2D eigenvalue weighted by Gasteiger charge is -2.14. The number of carbonyl (C=O) groups excluding carboxylic acids is 3. The van der Waals surface area contributed by atoms with Crippen LogP contribution in [0.15, 0.2) is 72.9 Å². The molecule has 2 amide bonds. The molecule has 0 aromatic rings. The summed E-state index contributed by atoms with van der Waals surface area (Å²) in [4.78, 5) is 47.3. The number of hydrogen-bond donors (Lipinski definition) is 4. The van der Waals surface area contributed by atoms with E-state index in [1.54, 1.807) is 0 Å². The maximum atomic E-state index is 12.7. The quantitative estimate of drug-likeness (QED) is 0.0294. The molecule has 2 atom stereocenters. The number of aliphatic hydroxyl groups is 1. The van der Waals surface area contributed by atoms with Gasteiger partial charge in [-0.3, -0.25) is 14.4 Å². The Morgan fingerprint density at radius 2 is 1.10 bits per heavy atom. The van der Waals surface area contributed by atoms with Gasteiger partial charge in [-0.2, -0.15) is 0 Å². The van der Waals surface area contributed by atoms with Gasteiger partial charge in [0.1, 0.15) is 12.1 Å². The van der Waals surface area contributed by atoms with E-state index in [4.69, 9.17) is 14.9 Å². The monoisotopic (exact) mass is 727 g/mol. The van der Waals surface area contributed by atoms with E-state index >= 15 is 0 Å². The summed E-state index contributed by atoms with van der Waals surface area (Å²) in [6.07, 6.45) is 45.2. The van der Waals surface area contributed by atoms with Crippen molar-refractivity contribution in [2.75, 3.05) is 13.2 Å². The molecule has 0 fully saturated rings. The fourth-order valence-corrected chi connectivity index (χ4v) is 5.19. The van der Waals surface area contributed by atoms with Crippen LogP contribution in [0.4, 0.5) is 0 Å². The number of unbranched alkanes of at least 4 members (excludes halogenated alkanes) is 10. The molecule has 0 aromatic heterocycles. The first-order valence-electron chi connectivity index (χ1n) is 19.8. The number of amides is 2. The Hall–Kier alpha value is -3.72. The van der Waals surface area contributed by atoms with Crippen LogP contribution >= 0.6 is 0 Å². The first-order chi connectivity index (χ1) is 25.3. The molecule has 0 saturated heterocycles. The van der Waals surface area contributed by atoms with E-state index in [-0.39, 0.29) is 30.9 Å². The van der Waals surface area contributed by atoms with Crippen molar-refractivity contribution in [1.82, 2.24) is 10.6 Å². The van der Waals surface area contributed by atoms with E-state index in [1.807, 2.05) is 6.08 Å². The van der Waals surface area contributed by atoms with Crippen molar-refractivity contribution in [2.24, 2.45) is 0 Å². The SMILES string of the molecule is CC/C=C\C/C=C\C/C=C\CCCCCCCC(=O)OC(/C=C\C/C=C\C/C=C\CC)CCCCCCCCC(=O)NCC(=O)NC(CO)C(=O)O. The van der Waals surface area contributed by atoms with E-state index in [0.29, 0.717) is 12.8 Å². The molecule has 52 heavy (non-hydrogen) atoms. The van der Waals surface area contributed by atoms with Crippen LogP contribution < -0.4 is 10.6 Å². The lowest BCUT2D eigenvalue weighted by atomic mass is 10.1. The zero-order valence-corrected chi connectivity index (χ0v) is 32.3. The maximum Gasteiger partial charge on any atom is 0.328 e. The molecular formula is C43H70N2O7. The third-order valence-electron chi connectivity index (χ3n) is 8.18. The van der Waals surface area contributed by atoms with Crippen LogP contribution in [-0.4, -0.2) is 59.3 Å². The summed E-state index contributed by atoms with van der Waals surface area (Å²) < 4.78 is 5.89. The van der Waals surface area contributed by atoms with Crippen molar-refractivity contribution < 1.29 is 34.1 Å². The Kier molecular flexibility index (Phi) is 34.4. The van der Waals surface area contributed by atoms with E-state index in [2.05, 4.69) is 91.3 Å². The second kappa shape index (κ2) is 37.1. The van der Waals surface area contributed by atoms with Crippen LogP contribution in [0.3, 0.4) is 0 Å². The third-order valence-corrected chi connectivity index (χ3v) is 8.18. The molecule has 9 nitrogen and oxygen atoms in total. The molecule has 0 aliphatic carbocycles. The molecule has 0 rings (SSSR count). The Labute approximate surface area is 314 Å². The molecule has 0 aromatic carbocycles. The van der Waals surface area contributed by atoms with Gasteiger partial charge in [-0.15, -0.1) is 0 Å². The summed E-state index contributed by atoms with van der Waals surface area (Å²) in [5.41, 5.74) is 0.